The third-order valence-corrected chi connectivity index (χ3v) is 13.2. The number of aromatic nitrogens is 1. The van der Waals surface area contributed by atoms with Crippen molar-refractivity contribution in [2.45, 2.75) is 43.4 Å². The van der Waals surface area contributed by atoms with Crippen LogP contribution in [0.15, 0.2) is 211 Å². The molecule has 3 aliphatic carbocycles. The predicted molar refractivity (Wildman–Crippen MR) is 260 cm³/mol. The number of hydrogen-bond acceptors (Lipinski definition) is 2. The fourth-order valence-electron chi connectivity index (χ4n) is 9.93. The molecule has 4 atom stereocenters. The van der Waals surface area contributed by atoms with Gasteiger partial charge in [0, 0.05) is 40.5 Å². The van der Waals surface area contributed by atoms with Crippen molar-refractivity contribution in [2.24, 2.45) is 10.9 Å². The van der Waals surface area contributed by atoms with E-state index in [1.165, 1.54) is 55.1 Å². The number of hydrogen-bond donors (Lipinski definition) is 0. The maximum atomic E-state index is 5.39. The van der Waals surface area contributed by atoms with Gasteiger partial charge in [-0.05, 0) is 111 Å². The van der Waals surface area contributed by atoms with Gasteiger partial charge in [-0.25, -0.2) is 4.98 Å². The lowest BCUT2D eigenvalue weighted by Gasteiger charge is -2.30. The van der Waals surface area contributed by atoms with E-state index in [9.17, 15) is 0 Å². The molecule has 1 aromatic heterocycles. The maximum Gasteiger partial charge on any atom is 0.0716 e. The van der Waals surface area contributed by atoms with Crippen molar-refractivity contribution in [1.29, 1.82) is 0 Å². The summed E-state index contributed by atoms with van der Waals surface area (Å²) >= 11 is 0. The minimum absolute atomic E-state index is 0.263. The average molecular weight is 797 g/mol. The van der Waals surface area contributed by atoms with Gasteiger partial charge in [-0.3, -0.25) is 4.99 Å². The summed E-state index contributed by atoms with van der Waals surface area (Å²) in [7, 11) is 0. The van der Waals surface area contributed by atoms with E-state index in [2.05, 4.69) is 218 Å². The first-order valence-corrected chi connectivity index (χ1v) is 22.2. The first kappa shape index (κ1) is 37.8. The van der Waals surface area contributed by atoms with Gasteiger partial charge in [0.15, 0.2) is 0 Å². The second kappa shape index (κ2) is 16.7. The third kappa shape index (κ3) is 7.58. The van der Waals surface area contributed by atoms with Crippen LogP contribution >= 0.6 is 0 Å². The summed E-state index contributed by atoms with van der Waals surface area (Å²) < 4.78 is 0. The Morgan fingerprint density at radius 1 is 0.435 bits per heavy atom. The molecule has 0 saturated heterocycles. The smallest absolute Gasteiger partial charge is 0.0716 e. The Hall–Kier alpha value is -7.16. The summed E-state index contributed by atoms with van der Waals surface area (Å²) in [6, 6.07) is 57.9. The van der Waals surface area contributed by atoms with Crippen molar-refractivity contribution in [3.63, 3.8) is 0 Å². The molecule has 2 heterocycles. The standard InChI is InChI=1S/C60H48N2/c1-6-16-41(17-7-1)50-34-51(42-18-8-2-9-19-42)36-53(35-50)58-39-52(38-57(62-58)47-22-12-4-13-23-47)44-28-26-43(27-29-44)49-31-30-46-32-33-56-60(54(46)37-49)55(45-20-10-3-11-21-45)40-59(61-56)48-24-14-5-15-25-48/h1-18,20-24,26-30,32-39,42,48-49,55H,19,25,31,40H2. The zero-order chi connectivity index (χ0) is 41.2. The lowest BCUT2D eigenvalue weighted by molar-refractivity contribution is 0.761. The van der Waals surface area contributed by atoms with Gasteiger partial charge in [0.1, 0.15) is 0 Å². The minimum Gasteiger partial charge on any atom is -0.257 e. The van der Waals surface area contributed by atoms with Crippen LogP contribution in [0, 0.1) is 5.92 Å². The molecule has 0 amide bonds. The molecule has 11 rings (SSSR count). The number of pyridine rings is 1. The molecule has 298 valence electrons. The molecule has 0 N–H and O–H groups in total. The van der Waals surface area contributed by atoms with E-state index in [1.54, 1.807) is 0 Å². The van der Waals surface area contributed by atoms with E-state index >= 15 is 0 Å². The van der Waals surface area contributed by atoms with Gasteiger partial charge in [0.2, 0.25) is 0 Å². The van der Waals surface area contributed by atoms with Crippen molar-refractivity contribution in [3.05, 3.63) is 239 Å². The first-order valence-electron chi connectivity index (χ1n) is 22.2. The molecule has 0 spiro atoms. The van der Waals surface area contributed by atoms with E-state index in [-0.39, 0.29) is 11.8 Å². The molecule has 0 bridgehead atoms. The Morgan fingerprint density at radius 2 is 1.06 bits per heavy atom. The van der Waals surface area contributed by atoms with Crippen LogP contribution in [-0.4, -0.2) is 10.7 Å². The van der Waals surface area contributed by atoms with Gasteiger partial charge < -0.3 is 0 Å². The monoisotopic (exact) mass is 796 g/mol. The van der Waals surface area contributed by atoms with Gasteiger partial charge in [0.25, 0.3) is 0 Å². The molecule has 0 saturated carbocycles. The van der Waals surface area contributed by atoms with Crippen LogP contribution in [-0.2, 0) is 0 Å². The lowest BCUT2D eigenvalue weighted by atomic mass is 9.77. The van der Waals surface area contributed by atoms with Crippen LogP contribution in [0.5, 0.6) is 0 Å². The Balaban J connectivity index is 0.977. The van der Waals surface area contributed by atoms with E-state index in [4.69, 9.17) is 9.98 Å². The number of rotatable bonds is 8. The summed E-state index contributed by atoms with van der Waals surface area (Å²) in [5.41, 5.74) is 16.7. The molecule has 2 heteroatoms. The molecular weight excluding hydrogens is 749 g/mol. The molecule has 4 aliphatic rings. The van der Waals surface area contributed by atoms with Gasteiger partial charge in [-0.1, -0.05) is 188 Å². The van der Waals surface area contributed by atoms with Gasteiger partial charge in [0.05, 0.1) is 17.1 Å². The third-order valence-electron chi connectivity index (χ3n) is 13.2. The number of fused-ring (bicyclic) bond motifs is 3. The second-order valence-electron chi connectivity index (χ2n) is 17.1. The highest BCUT2D eigenvalue weighted by atomic mass is 14.8. The highest BCUT2D eigenvalue weighted by Gasteiger charge is 2.29. The van der Waals surface area contributed by atoms with Gasteiger partial charge in [-0.15, -0.1) is 0 Å². The average Bonchev–Trinajstić information content (AvgIpc) is 3.37. The van der Waals surface area contributed by atoms with Crippen molar-refractivity contribution in [3.8, 4) is 44.8 Å². The quantitative estimate of drug-likeness (QED) is 0.150. The molecule has 4 unspecified atom stereocenters. The molecule has 0 radical (unpaired) electrons. The zero-order valence-electron chi connectivity index (χ0n) is 34.8. The van der Waals surface area contributed by atoms with Crippen molar-refractivity contribution < 1.29 is 0 Å². The largest absolute Gasteiger partial charge is 0.257 e. The molecule has 6 aromatic carbocycles. The number of aliphatic imine (C=N–C) groups is 1. The van der Waals surface area contributed by atoms with Crippen LogP contribution in [0.2, 0.25) is 0 Å². The van der Waals surface area contributed by atoms with E-state index < -0.39 is 0 Å². The van der Waals surface area contributed by atoms with Gasteiger partial charge in [-0.2, -0.15) is 0 Å². The van der Waals surface area contributed by atoms with Crippen molar-refractivity contribution in [2.75, 3.05) is 0 Å². The topological polar surface area (TPSA) is 25.2 Å². The molecule has 2 nitrogen and oxygen atoms in total. The predicted octanol–water partition coefficient (Wildman–Crippen LogP) is 13.8. The molecule has 1 aliphatic heterocycles. The van der Waals surface area contributed by atoms with Crippen molar-refractivity contribution >= 4 is 23.6 Å². The summed E-state index contributed by atoms with van der Waals surface area (Å²) in [5, 5.41) is 2.67. The Kier molecular flexibility index (Phi) is 10.2. The van der Waals surface area contributed by atoms with Crippen LogP contribution in [0.3, 0.4) is 0 Å². The normalized spacial score (nSPS) is 19.8. The fourth-order valence-corrected chi connectivity index (χ4v) is 9.93. The van der Waals surface area contributed by atoms with Gasteiger partial charge >= 0.3 is 0 Å². The zero-order valence-corrected chi connectivity index (χ0v) is 34.8. The lowest BCUT2D eigenvalue weighted by Crippen LogP contribution is -2.35. The molecule has 0 fully saturated rings. The maximum absolute atomic E-state index is 5.39. The molecular formula is C60H48N2. The Morgan fingerprint density at radius 3 is 1.77 bits per heavy atom. The van der Waals surface area contributed by atoms with Crippen LogP contribution in [0.25, 0.3) is 56.9 Å². The molecule has 7 aromatic rings. The summed E-state index contributed by atoms with van der Waals surface area (Å²) in [6.07, 6.45) is 26.8. The van der Waals surface area contributed by atoms with E-state index in [1.807, 2.05) is 0 Å². The van der Waals surface area contributed by atoms with Crippen molar-refractivity contribution in [1.82, 2.24) is 4.98 Å². The summed E-state index contributed by atoms with van der Waals surface area (Å²) in [5.74, 6) is 1.21. The van der Waals surface area contributed by atoms with Crippen LogP contribution in [0.1, 0.15) is 65.7 Å². The Bertz CT molecular complexity index is 3060. The fraction of sp³-hybridized carbons (Fsp3) is 0.133. The van der Waals surface area contributed by atoms with Crippen LogP contribution in [0.4, 0.5) is 5.69 Å². The minimum atomic E-state index is 0.263. The number of nitrogens with zero attached hydrogens (tertiary/aromatic N) is 2. The highest BCUT2D eigenvalue weighted by Crippen LogP contribution is 2.41. The highest BCUT2D eigenvalue weighted by molar-refractivity contribution is 5.94. The van der Waals surface area contributed by atoms with Crippen LogP contribution < -0.4 is 10.4 Å². The SMILES string of the molecule is C1=CCC(C2=Nc3ccc4c(c3C(c3ccccc3)C2)=CC(c2ccc(-c3cc(-c5ccccc5)nc(-c5cc(-c6ccccc6)cc(C6C=CC=CC6)c5)c3)cc2)CC=4)C=C1. The Labute approximate surface area is 365 Å². The second-order valence-corrected chi connectivity index (χ2v) is 17.1. The first-order chi connectivity index (χ1) is 30.7. The summed E-state index contributed by atoms with van der Waals surface area (Å²) in [4.78, 5) is 10.8. The van der Waals surface area contributed by atoms with E-state index in [0.29, 0.717) is 11.8 Å². The molecule has 62 heavy (non-hydrogen) atoms. The number of benzene rings is 6. The number of allylic oxidation sites excluding steroid dienone is 8. The van der Waals surface area contributed by atoms with E-state index in [0.717, 1.165) is 59.4 Å². The summed E-state index contributed by atoms with van der Waals surface area (Å²) in [6.45, 7) is 0.